The Morgan fingerprint density at radius 3 is 2.47 bits per heavy atom. The van der Waals surface area contributed by atoms with E-state index in [1.807, 2.05) is 6.07 Å². The van der Waals surface area contributed by atoms with Crippen molar-refractivity contribution in [2.45, 2.75) is 18.6 Å². The fourth-order valence-electron chi connectivity index (χ4n) is 1.33. The van der Waals surface area contributed by atoms with E-state index in [9.17, 15) is 10.2 Å². The number of aliphatic hydroxyl groups excluding tert-OH is 2. The van der Waals surface area contributed by atoms with Crippen LogP contribution in [0.25, 0.3) is 0 Å². The summed E-state index contributed by atoms with van der Waals surface area (Å²) < 4.78 is 5.28. The van der Waals surface area contributed by atoms with Crippen molar-refractivity contribution < 1.29 is 14.9 Å². The van der Waals surface area contributed by atoms with Gasteiger partial charge in [-0.15, -0.1) is 0 Å². The molecule has 2 unspecified atom stereocenters. The largest absolute Gasteiger partial charge is 0.493 e. The Hall–Kier alpha value is -1.61. The van der Waals surface area contributed by atoms with Crippen molar-refractivity contribution in [2.24, 2.45) is 5.73 Å². The van der Waals surface area contributed by atoms with Crippen molar-refractivity contribution in [1.82, 2.24) is 0 Å². The molecular weight excluding hydrogens is 220 g/mol. The molecule has 0 amide bonds. The van der Waals surface area contributed by atoms with E-state index in [0.717, 1.165) is 0 Å². The minimum atomic E-state index is -0.992. The lowest BCUT2D eigenvalue weighted by Gasteiger charge is -2.16. The number of aliphatic hydroxyl groups is 2. The van der Waals surface area contributed by atoms with Gasteiger partial charge in [0.05, 0.1) is 18.6 Å². The lowest BCUT2D eigenvalue weighted by Crippen LogP contribution is -2.27. The van der Waals surface area contributed by atoms with Gasteiger partial charge >= 0.3 is 0 Å². The zero-order valence-electron chi connectivity index (χ0n) is 9.41. The molecule has 0 aliphatic rings. The molecule has 0 spiro atoms. The highest BCUT2D eigenvalue weighted by Gasteiger charge is 2.16. The maximum atomic E-state index is 9.68. The zero-order chi connectivity index (χ0) is 12.7. The molecular formula is C12H16N2O3. The standard InChI is InChI=1S/C12H16N2O3/c13-6-1-7-17-10-4-2-9(3-5-10)12(16)11(15)8-14/h2-5,11-12,15-16H,1,7-8,14H2. The molecule has 5 nitrogen and oxygen atoms in total. The molecule has 1 aromatic carbocycles. The van der Waals surface area contributed by atoms with Gasteiger partial charge < -0.3 is 20.7 Å². The lowest BCUT2D eigenvalue weighted by atomic mass is 10.0. The zero-order valence-corrected chi connectivity index (χ0v) is 9.41. The molecule has 0 saturated carbocycles. The van der Waals surface area contributed by atoms with Crippen LogP contribution in [0.3, 0.4) is 0 Å². The molecule has 0 heterocycles. The van der Waals surface area contributed by atoms with Gasteiger partial charge in [0.2, 0.25) is 0 Å². The summed E-state index contributed by atoms with van der Waals surface area (Å²) in [5.41, 5.74) is 5.84. The fourth-order valence-corrected chi connectivity index (χ4v) is 1.33. The molecule has 0 bridgehead atoms. The van der Waals surface area contributed by atoms with E-state index in [4.69, 9.17) is 15.7 Å². The van der Waals surface area contributed by atoms with Crippen LogP contribution in [0.1, 0.15) is 18.1 Å². The quantitative estimate of drug-likeness (QED) is 0.618. The predicted octanol–water partition coefficient (Wildman–Crippen LogP) is 0.332. The second-order valence-electron chi connectivity index (χ2n) is 3.57. The van der Waals surface area contributed by atoms with Crippen LogP contribution in [-0.2, 0) is 0 Å². The number of nitrogens with zero attached hydrogens (tertiary/aromatic N) is 1. The average Bonchev–Trinajstić information content (AvgIpc) is 2.38. The van der Waals surface area contributed by atoms with Crippen LogP contribution in [0.2, 0.25) is 0 Å². The number of hydrogen-bond donors (Lipinski definition) is 3. The first-order valence-electron chi connectivity index (χ1n) is 5.35. The Balaban J connectivity index is 2.58. The molecule has 1 rings (SSSR count). The van der Waals surface area contributed by atoms with E-state index in [0.29, 0.717) is 24.3 Å². The van der Waals surface area contributed by atoms with Gasteiger partial charge in [-0.2, -0.15) is 5.26 Å². The Morgan fingerprint density at radius 1 is 1.29 bits per heavy atom. The first-order chi connectivity index (χ1) is 8.19. The summed E-state index contributed by atoms with van der Waals surface area (Å²) in [7, 11) is 0. The van der Waals surface area contributed by atoms with Crippen LogP contribution in [0.5, 0.6) is 5.75 Å². The molecule has 0 saturated heterocycles. The van der Waals surface area contributed by atoms with Crippen LogP contribution in [-0.4, -0.2) is 29.5 Å². The molecule has 92 valence electrons. The monoisotopic (exact) mass is 236 g/mol. The highest BCUT2D eigenvalue weighted by atomic mass is 16.5. The Bertz CT molecular complexity index is 372. The summed E-state index contributed by atoms with van der Waals surface area (Å²) in [6, 6.07) is 8.65. The third-order valence-corrected chi connectivity index (χ3v) is 2.31. The normalized spacial score (nSPS) is 13.8. The molecule has 0 aliphatic carbocycles. The average molecular weight is 236 g/mol. The first kappa shape index (κ1) is 13.5. The van der Waals surface area contributed by atoms with Gasteiger partial charge in [0.25, 0.3) is 0 Å². The van der Waals surface area contributed by atoms with Crippen LogP contribution in [0, 0.1) is 11.3 Å². The topological polar surface area (TPSA) is 99.5 Å². The summed E-state index contributed by atoms with van der Waals surface area (Å²) in [5.74, 6) is 0.624. The molecule has 0 aromatic heterocycles. The van der Waals surface area contributed by atoms with Gasteiger partial charge in [-0.25, -0.2) is 0 Å². The number of ether oxygens (including phenoxy) is 1. The van der Waals surface area contributed by atoms with E-state index < -0.39 is 12.2 Å². The summed E-state index contributed by atoms with van der Waals surface area (Å²) >= 11 is 0. The van der Waals surface area contributed by atoms with Gasteiger partial charge in [-0.3, -0.25) is 0 Å². The second kappa shape index (κ2) is 6.86. The minimum absolute atomic E-state index is 0.00157. The van der Waals surface area contributed by atoms with Crippen molar-refractivity contribution in [3.05, 3.63) is 29.8 Å². The molecule has 2 atom stereocenters. The third kappa shape index (κ3) is 4.04. The highest BCUT2D eigenvalue weighted by Crippen LogP contribution is 2.20. The number of rotatable bonds is 6. The van der Waals surface area contributed by atoms with E-state index in [2.05, 4.69) is 0 Å². The summed E-state index contributed by atoms with van der Waals surface area (Å²) in [6.45, 7) is 0.339. The minimum Gasteiger partial charge on any atom is -0.493 e. The molecule has 4 N–H and O–H groups in total. The molecule has 17 heavy (non-hydrogen) atoms. The molecule has 1 aromatic rings. The number of hydrogen-bond acceptors (Lipinski definition) is 5. The van der Waals surface area contributed by atoms with Crippen molar-refractivity contribution in [2.75, 3.05) is 13.2 Å². The van der Waals surface area contributed by atoms with E-state index >= 15 is 0 Å². The van der Waals surface area contributed by atoms with Crippen molar-refractivity contribution in [3.63, 3.8) is 0 Å². The molecule has 0 fully saturated rings. The Kier molecular flexibility index (Phi) is 5.43. The van der Waals surface area contributed by atoms with Gasteiger partial charge in [0.15, 0.2) is 0 Å². The number of benzene rings is 1. The highest BCUT2D eigenvalue weighted by molar-refractivity contribution is 5.29. The van der Waals surface area contributed by atoms with Crippen molar-refractivity contribution in [3.8, 4) is 11.8 Å². The van der Waals surface area contributed by atoms with Gasteiger partial charge in [-0.05, 0) is 17.7 Å². The van der Waals surface area contributed by atoms with Gasteiger partial charge in [0.1, 0.15) is 18.5 Å². The van der Waals surface area contributed by atoms with Crippen molar-refractivity contribution in [1.29, 1.82) is 5.26 Å². The van der Waals surface area contributed by atoms with Crippen LogP contribution in [0.4, 0.5) is 0 Å². The second-order valence-corrected chi connectivity index (χ2v) is 3.57. The summed E-state index contributed by atoms with van der Waals surface area (Å²) in [4.78, 5) is 0. The smallest absolute Gasteiger partial charge is 0.119 e. The van der Waals surface area contributed by atoms with Crippen LogP contribution >= 0.6 is 0 Å². The van der Waals surface area contributed by atoms with Gasteiger partial charge in [-0.1, -0.05) is 12.1 Å². The fraction of sp³-hybridized carbons (Fsp3) is 0.417. The van der Waals surface area contributed by atoms with Crippen molar-refractivity contribution >= 4 is 0 Å². The molecule has 0 aliphatic heterocycles. The Labute approximate surface area is 100 Å². The SMILES string of the molecule is N#CCCOc1ccc(C(O)C(O)CN)cc1. The Morgan fingerprint density at radius 2 is 1.94 bits per heavy atom. The maximum Gasteiger partial charge on any atom is 0.119 e. The molecule has 5 heteroatoms. The first-order valence-corrected chi connectivity index (χ1v) is 5.35. The number of nitrogens with two attached hydrogens (primary N) is 1. The van der Waals surface area contributed by atoms with Crippen LogP contribution in [0.15, 0.2) is 24.3 Å². The lowest BCUT2D eigenvalue weighted by molar-refractivity contribution is 0.0243. The van der Waals surface area contributed by atoms with Crippen LogP contribution < -0.4 is 10.5 Å². The van der Waals surface area contributed by atoms with Gasteiger partial charge in [0, 0.05) is 6.54 Å². The van der Waals surface area contributed by atoms with E-state index in [-0.39, 0.29) is 6.54 Å². The maximum absolute atomic E-state index is 9.68. The predicted molar refractivity (Wildman–Crippen MR) is 62.2 cm³/mol. The summed E-state index contributed by atoms with van der Waals surface area (Å²) in [6.07, 6.45) is -1.63. The molecule has 0 radical (unpaired) electrons. The summed E-state index contributed by atoms with van der Waals surface area (Å²) in [5, 5.41) is 27.4. The number of nitriles is 1. The van der Waals surface area contributed by atoms with E-state index in [1.54, 1.807) is 24.3 Å². The van der Waals surface area contributed by atoms with E-state index in [1.165, 1.54) is 0 Å². The third-order valence-electron chi connectivity index (χ3n) is 2.31.